The summed E-state index contributed by atoms with van der Waals surface area (Å²) in [6, 6.07) is 17.6. The fourth-order valence-corrected chi connectivity index (χ4v) is 4.75. The molecule has 0 fully saturated rings. The monoisotopic (exact) mass is 482 g/mol. The Kier molecular flexibility index (Phi) is 6.98. The van der Waals surface area contributed by atoms with Crippen LogP contribution < -0.4 is 16.2 Å². The number of carbonyl (C=O) groups is 1. The van der Waals surface area contributed by atoms with Crippen LogP contribution in [0, 0.1) is 0 Å². The molecule has 0 saturated carbocycles. The quantitative estimate of drug-likeness (QED) is 0.309. The van der Waals surface area contributed by atoms with Crippen LogP contribution in [0.15, 0.2) is 76.3 Å². The van der Waals surface area contributed by atoms with Crippen LogP contribution in [0.25, 0.3) is 0 Å². The zero-order chi connectivity index (χ0) is 24.9. The Balaban J connectivity index is 1.34. The topological polar surface area (TPSA) is 100 Å². The number of fused-ring (bicyclic) bond motifs is 1. The Morgan fingerprint density at radius 1 is 1.06 bits per heavy atom. The van der Waals surface area contributed by atoms with Gasteiger partial charge in [-0.1, -0.05) is 31.2 Å². The van der Waals surface area contributed by atoms with Gasteiger partial charge in [0.1, 0.15) is 6.17 Å². The van der Waals surface area contributed by atoms with Crippen molar-refractivity contribution in [2.45, 2.75) is 51.6 Å². The van der Waals surface area contributed by atoms with Crippen LogP contribution in [0.1, 0.15) is 69.8 Å². The summed E-state index contributed by atoms with van der Waals surface area (Å²) in [5.41, 5.74) is 7.24. The summed E-state index contributed by atoms with van der Waals surface area (Å²) in [6.45, 7) is 2.12. The fraction of sp³-hybridized carbons (Fsp3) is 0.276. The first kappa shape index (κ1) is 23.6. The highest BCUT2D eigenvalue weighted by Crippen LogP contribution is 2.23. The first-order chi connectivity index (χ1) is 17.6. The normalized spacial score (nSPS) is 13.6. The zero-order valence-corrected chi connectivity index (χ0v) is 20.3. The first-order valence-electron chi connectivity index (χ1n) is 12.5. The van der Waals surface area contributed by atoms with Crippen LogP contribution in [-0.4, -0.2) is 16.1 Å². The Hall–Kier alpha value is -4.13. The van der Waals surface area contributed by atoms with Gasteiger partial charge in [-0.3, -0.25) is 9.59 Å². The van der Waals surface area contributed by atoms with E-state index >= 15 is 0 Å². The zero-order valence-electron chi connectivity index (χ0n) is 20.3. The van der Waals surface area contributed by atoms with Crippen LogP contribution >= 0.6 is 0 Å². The molecular formula is C29H30N4O3. The molecule has 2 aromatic heterocycles. The summed E-state index contributed by atoms with van der Waals surface area (Å²) in [7, 11) is 0. The van der Waals surface area contributed by atoms with Crippen LogP contribution in [0.5, 0.6) is 0 Å². The number of anilines is 1. The first-order valence-corrected chi connectivity index (χ1v) is 12.5. The van der Waals surface area contributed by atoms with Gasteiger partial charge in [0.25, 0.3) is 11.5 Å². The Bertz CT molecular complexity index is 1390. The number of hydrogen-bond acceptors (Lipinski definition) is 5. The second-order valence-electron chi connectivity index (χ2n) is 9.20. The maximum Gasteiger partial charge on any atom is 0.267 e. The third-order valence-electron chi connectivity index (χ3n) is 6.77. The van der Waals surface area contributed by atoms with E-state index in [0.29, 0.717) is 12.0 Å². The maximum atomic E-state index is 13.3. The fourth-order valence-electron chi connectivity index (χ4n) is 4.75. The van der Waals surface area contributed by atoms with Gasteiger partial charge < -0.3 is 15.1 Å². The minimum Gasteiger partial charge on any atom is -0.472 e. The molecule has 5 rings (SSSR count). The van der Waals surface area contributed by atoms with Crippen molar-refractivity contribution < 1.29 is 9.21 Å². The van der Waals surface area contributed by atoms with Crippen molar-refractivity contribution in [3.8, 4) is 0 Å². The lowest BCUT2D eigenvalue weighted by Crippen LogP contribution is -2.33. The summed E-state index contributed by atoms with van der Waals surface area (Å²) >= 11 is 0. The van der Waals surface area contributed by atoms with Crippen molar-refractivity contribution in [3.05, 3.63) is 117 Å². The average Bonchev–Trinajstić information content (AvgIpc) is 3.46. The molecule has 0 radical (unpaired) electrons. The molecule has 184 valence electrons. The van der Waals surface area contributed by atoms with E-state index in [2.05, 4.69) is 39.9 Å². The molecule has 0 aliphatic heterocycles. The van der Waals surface area contributed by atoms with E-state index in [1.165, 1.54) is 5.56 Å². The Morgan fingerprint density at radius 2 is 1.86 bits per heavy atom. The van der Waals surface area contributed by atoms with Crippen LogP contribution in [0.3, 0.4) is 0 Å². The summed E-state index contributed by atoms with van der Waals surface area (Å²) in [6.07, 6.45) is 8.06. The number of carbonyl (C=O) groups excluding carboxylic acids is 1. The highest BCUT2D eigenvalue weighted by Gasteiger charge is 2.20. The van der Waals surface area contributed by atoms with Gasteiger partial charge in [0.05, 0.1) is 18.2 Å². The van der Waals surface area contributed by atoms with E-state index in [0.717, 1.165) is 65.7 Å². The largest absolute Gasteiger partial charge is 0.472 e. The molecule has 1 aliphatic carbocycles. The number of aromatic amines is 1. The molecule has 4 aromatic rings. The predicted octanol–water partition coefficient (Wildman–Crippen LogP) is 4.94. The highest BCUT2D eigenvalue weighted by molar-refractivity contribution is 5.94. The standard InChI is InChI=1S/C29H30N4O3/c1-2-19-10-12-23(13-11-19)30-27(22-14-15-36-18-22)31-28(34)21-7-5-6-20(16-21)17-26-24-8-3-4-9-25(24)29(35)33-32-26/h5-7,10-16,18,27,30H,2-4,8-9,17H2,1H3,(H,31,34)(H,33,35). The Morgan fingerprint density at radius 3 is 2.61 bits per heavy atom. The molecule has 1 aliphatic rings. The van der Waals surface area contributed by atoms with Gasteiger partial charge in [-0.15, -0.1) is 0 Å². The molecule has 1 unspecified atom stereocenters. The molecule has 0 spiro atoms. The smallest absolute Gasteiger partial charge is 0.267 e. The van der Waals surface area contributed by atoms with Crippen molar-refractivity contribution in [3.63, 3.8) is 0 Å². The molecule has 1 amide bonds. The van der Waals surface area contributed by atoms with Gasteiger partial charge in [0, 0.05) is 28.8 Å². The minimum absolute atomic E-state index is 0.0799. The van der Waals surface area contributed by atoms with Gasteiger partial charge >= 0.3 is 0 Å². The van der Waals surface area contributed by atoms with E-state index in [9.17, 15) is 9.59 Å². The van der Waals surface area contributed by atoms with Crippen molar-refractivity contribution in [2.75, 3.05) is 5.32 Å². The summed E-state index contributed by atoms with van der Waals surface area (Å²) in [4.78, 5) is 25.5. The lowest BCUT2D eigenvalue weighted by atomic mass is 9.90. The van der Waals surface area contributed by atoms with Crippen LogP contribution in [0.4, 0.5) is 5.69 Å². The Labute approximate surface area is 210 Å². The molecular weight excluding hydrogens is 452 g/mol. The summed E-state index contributed by atoms with van der Waals surface area (Å²) in [5.74, 6) is -0.197. The average molecular weight is 483 g/mol. The van der Waals surface area contributed by atoms with Gasteiger partial charge in [0.2, 0.25) is 0 Å². The minimum atomic E-state index is -0.458. The number of aryl methyl sites for hydroxylation is 1. The number of benzene rings is 2. The predicted molar refractivity (Wildman–Crippen MR) is 139 cm³/mol. The number of rotatable bonds is 8. The third-order valence-corrected chi connectivity index (χ3v) is 6.77. The number of hydrogen-bond donors (Lipinski definition) is 3. The SMILES string of the molecule is CCc1ccc(NC(NC(=O)c2cccc(Cc3n[nH]c(=O)c4c3CCCC4)c2)c2ccoc2)cc1. The number of H-pyrrole nitrogens is 1. The summed E-state index contributed by atoms with van der Waals surface area (Å²) < 4.78 is 5.27. The van der Waals surface area contributed by atoms with Gasteiger partial charge in [0.15, 0.2) is 0 Å². The van der Waals surface area contributed by atoms with Gasteiger partial charge in [-0.25, -0.2) is 5.10 Å². The second kappa shape index (κ2) is 10.6. The number of amides is 1. The van der Waals surface area contributed by atoms with Crippen molar-refractivity contribution in [1.82, 2.24) is 15.5 Å². The molecule has 36 heavy (non-hydrogen) atoms. The third kappa shape index (κ3) is 5.25. The summed E-state index contributed by atoms with van der Waals surface area (Å²) in [5, 5.41) is 13.5. The van der Waals surface area contributed by atoms with Crippen molar-refractivity contribution in [2.24, 2.45) is 0 Å². The number of furan rings is 1. The molecule has 2 aromatic carbocycles. The van der Waals surface area contributed by atoms with E-state index in [1.54, 1.807) is 18.6 Å². The van der Waals surface area contributed by atoms with Crippen LogP contribution in [-0.2, 0) is 25.7 Å². The molecule has 2 heterocycles. The van der Waals surface area contributed by atoms with E-state index in [4.69, 9.17) is 4.42 Å². The van der Waals surface area contributed by atoms with Crippen LogP contribution in [0.2, 0.25) is 0 Å². The molecule has 1 atom stereocenters. The highest BCUT2D eigenvalue weighted by atomic mass is 16.3. The molecule has 7 heteroatoms. The second-order valence-corrected chi connectivity index (χ2v) is 9.20. The van der Waals surface area contributed by atoms with E-state index < -0.39 is 6.17 Å². The van der Waals surface area contributed by atoms with E-state index in [1.807, 2.05) is 36.4 Å². The molecule has 7 nitrogen and oxygen atoms in total. The molecule has 0 saturated heterocycles. The van der Waals surface area contributed by atoms with Crippen molar-refractivity contribution in [1.29, 1.82) is 0 Å². The molecule has 0 bridgehead atoms. The molecule has 3 N–H and O–H groups in total. The lowest BCUT2D eigenvalue weighted by Gasteiger charge is -2.21. The van der Waals surface area contributed by atoms with E-state index in [-0.39, 0.29) is 11.5 Å². The number of nitrogens with zero attached hydrogens (tertiary/aromatic N) is 1. The van der Waals surface area contributed by atoms with Gasteiger partial charge in [-0.05, 0) is 79.1 Å². The maximum absolute atomic E-state index is 13.3. The number of nitrogens with one attached hydrogen (secondary N) is 3. The number of aromatic nitrogens is 2. The lowest BCUT2D eigenvalue weighted by molar-refractivity contribution is 0.0941. The van der Waals surface area contributed by atoms with Gasteiger partial charge in [-0.2, -0.15) is 5.10 Å². The van der Waals surface area contributed by atoms with Crippen molar-refractivity contribution >= 4 is 11.6 Å².